The summed E-state index contributed by atoms with van der Waals surface area (Å²) in [4.78, 5) is 18.3. The summed E-state index contributed by atoms with van der Waals surface area (Å²) in [7, 11) is 0. The highest BCUT2D eigenvalue weighted by Gasteiger charge is 2.26. The van der Waals surface area contributed by atoms with Crippen LogP contribution in [0.3, 0.4) is 0 Å². The van der Waals surface area contributed by atoms with Gasteiger partial charge in [-0.3, -0.25) is 4.79 Å². The zero-order chi connectivity index (χ0) is 18.7. The third-order valence-electron chi connectivity index (χ3n) is 4.78. The lowest BCUT2D eigenvalue weighted by molar-refractivity contribution is -0.130. The second kappa shape index (κ2) is 8.36. The first-order valence-corrected chi connectivity index (χ1v) is 10.2. The van der Waals surface area contributed by atoms with E-state index >= 15 is 0 Å². The number of anilines is 1. The number of thioether (sulfide) groups is 1. The van der Waals surface area contributed by atoms with E-state index in [2.05, 4.69) is 49.1 Å². The number of amides is 1. The van der Waals surface area contributed by atoms with Crippen molar-refractivity contribution in [3.63, 3.8) is 0 Å². The lowest BCUT2D eigenvalue weighted by Gasteiger charge is -2.37. The number of nitrogens with zero attached hydrogens (tertiary/aromatic N) is 2. The molecule has 1 amide bonds. The van der Waals surface area contributed by atoms with Crippen molar-refractivity contribution >= 4 is 35.0 Å². The standard InChI is InChI=1S/C21H25ClN2OS/c1-15-4-8-19(9-5-15)26-17(3)21(25)24-12-10-23(11-13-24)20-14-18(22)7-6-16(20)2/h4-9,14,17H,10-13H2,1-3H3. The molecule has 0 radical (unpaired) electrons. The van der Waals surface area contributed by atoms with Crippen LogP contribution < -0.4 is 4.90 Å². The average molecular weight is 389 g/mol. The third kappa shape index (κ3) is 4.54. The van der Waals surface area contributed by atoms with Crippen molar-refractivity contribution in [2.24, 2.45) is 0 Å². The van der Waals surface area contributed by atoms with E-state index in [1.807, 2.05) is 24.0 Å². The van der Waals surface area contributed by atoms with E-state index in [-0.39, 0.29) is 11.2 Å². The van der Waals surface area contributed by atoms with Gasteiger partial charge >= 0.3 is 0 Å². The second-order valence-corrected chi connectivity index (χ2v) is 8.67. The molecule has 138 valence electrons. The number of hydrogen-bond acceptors (Lipinski definition) is 3. The maximum atomic E-state index is 12.8. The van der Waals surface area contributed by atoms with Crippen LogP contribution in [0.15, 0.2) is 47.4 Å². The number of hydrogen-bond donors (Lipinski definition) is 0. The molecule has 1 unspecified atom stereocenters. The van der Waals surface area contributed by atoms with Gasteiger partial charge in [0, 0.05) is 41.8 Å². The lowest BCUT2D eigenvalue weighted by atomic mass is 10.1. The maximum Gasteiger partial charge on any atom is 0.235 e. The summed E-state index contributed by atoms with van der Waals surface area (Å²) in [6.07, 6.45) is 0. The van der Waals surface area contributed by atoms with Gasteiger partial charge in [-0.2, -0.15) is 0 Å². The summed E-state index contributed by atoms with van der Waals surface area (Å²) in [5, 5.41) is 0.685. The number of aryl methyl sites for hydroxylation is 2. The number of carbonyl (C=O) groups excluding carboxylic acids is 1. The Kier molecular flexibility index (Phi) is 6.15. The van der Waals surface area contributed by atoms with Crippen LogP contribution in [0.1, 0.15) is 18.1 Å². The number of benzene rings is 2. The average Bonchev–Trinajstić information content (AvgIpc) is 2.65. The SMILES string of the molecule is Cc1ccc(SC(C)C(=O)N2CCN(c3cc(Cl)ccc3C)CC2)cc1. The molecule has 1 heterocycles. The molecule has 0 spiro atoms. The van der Waals surface area contributed by atoms with Gasteiger partial charge in [0.15, 0.2) is 0 Å². The van der Waals surface area contributed by atoms with Gasteiger partial charge in [-0.15, -0.1) is 11.8 Å². The Labute approximate surface area is 165 Å². The normalized spacial score (nSPS) is 15.8. The van der Waals surface area contributed by atoms with Crippen molar-refractivity contribution in [2.75, 3.05) is 31.1 Å². The molecule has 5 heteroatoms. The van der Waals surface area contributed by atoms with Crippen molar-refractivity contribution in [3.8, 4) is 0 Å². The zero-order valence-electron chi connectivity index (χ0n) is 15.5. The minimum absolute atomic E-state index is 0.0721. The number of carbonyl (C=O) groups is 1. The van der Waals surface area contributed by atoms with Crippen LogP contribution in [0.2, 0.25) is 5.02 Å². The first-order valence-electron chi connectivity index (χ1n) is 8.97. The van der Waals surface area contributed by atoms with Gasteiger partial charge < -0.3 is 9.80 Å². The fourth-order valence-corrected chi connectivity index (χ4v) is 4.34. The van der Waals surface area contributed by atoms with Crippen LogP contribution in [-0.4, -0.2) is 42.2 Å². The molecule has 1 fully saturated rings. The lowest BCUT2D eigenvalue weighted by Crippen LogP contribution is -2.50. The molecule has 0 saturated carbocycles. The maximum absolute atomic E-state index is 12.8. The van der Waals surface area contributed by atoms with Gasteiger partial charge in [0.25, 0.3) is 0 Å². The van der Waals surface area contributed by atoms with Crippen molar-refractivity contribution in [1.29, 1.82) is 0 Å². The topological polar surface area (TPSA) is 23.6 Å². The van der Waals surface area contributed by atoms with E-state index < -0.39 is 0 Å². The quantitative estimate of drug-likeness (QED) is 0.704. The fourth-order valence-electron chi connectivity index (χ4n) is 3.22. The van der Waals surface area contributed by atoms with Gasteiger partial charge in [0.05, 0.1) is 5.25 Å². The van der Waals surface area contributed by atoms with Crippen LogP contribution in [0.25, 0.3) is 0 Å². The predicted octanol–water partition coefficient (Wildman–Crippen LogP) is 4.79. The minimum atomic E-state index is -0.0721. The first-order chi connectivity index (χ1) is 12.4. The van der Waals surface area contributed by atoms with Crippen LogP contribution in [-0.2, 0) is 4.79 Å². The molecule has 1 aliphatic rings. The highest BCUT2D eigenvalue weighted by atomic mass is 35.5. The second-order valence-electron chi connectivity index (χ2n) is 6.82. The number of halogens is 1. The predicted molar refractivity (Wildman–Crippen MR) is 111 cm³/mol. The van der Waals surface area contributed by atoms with Gasteiger partial charge in [0.2, 0.25) is 5.91 Å². The van der Waals surface area contributed by atoms with E-state index in [1.54, 1.807) is 11.8 Å². The molecule has 2 aromatic rings. The summed E-state index contributed by atoms with van der Waals surface area (Å²) >= 11 is 7.78. The fraction of sp³-hybridized carbons (Fsp3) is 0.381. The van der Waals surface area contributed by atoms with Crippen LogP contribution >= 0.6 is 23.4 Å². The molecular formula is C21H25ClN2OS. The van der Waals surface area contributed by atoms with Crippen molar-refractivity contribution in [2.45, 2.75) is 30.9 Å². The van der Waals surface area contributed by atoms with Crippen molar-refractivity contribution in [1.82, 2.24) is 4.90 Å². The van der Waals surface area contributed by atoms with Crippen LogP contribution in [0, 0.1) is 13.8 Å². The molecule has 1 saturated heterocycles. The Morgan fingerprint density at radius 1 is 1.04 bits per heavy atom. The van der Waals surface area contributed by atoms with E-state index in [9.17, 15) is 4.79 Å². The van der Waals surface area contributed by atoms with Gasteiger partial charge in [-0.25, -0.2) is 0 Å². The summed E-state index contributed by atoms with van der Waals surface area (Å²) in [6.45, 7) is 9.37. The van der Waals surface area contributed by atoms with E-state index in [4.69, 9.17) is 11.6 Å². The summed E-state index contributed by atoms with van der Waals surface area (Å²) in [5.41, 5.74) is 3.63. The molecule has 0 aliphatic carbocycles. The van der Waals surface area contributed by atoms with Gasteiger partial charge in [0.1, 0.15) is 0 Å². The molecular weight excluding hydrogens is 364 g/mol. The third-order valence-corrected chi connectivity index (χ3v) is 6.12. The van der Waals surface area contributed by atoms with Crippen LogP contribution in [0.5, 0.6) is 0 Å². The van der Waals surface area contributed by atoms with Crippen molar-refractivity contribution in [3.05, 3.63) is 58.6 Å². The molecule has 1 atom stereocenters. The van der Waals surface area contributed by atoms with Crippen molar-refractivity contribution < 1.29 is 4.79 Å². The van der Waals surface area contributed by atoms with Gasteiger partial charge in [-0.05, 0) is 50.6 Å². The Balaban J connectivity index is 1.57. The summed E-state index contributed by atoms with van der Waals surface area (Å²) in [5.74, 6) is 0.220. The molecule has 2 aromatic carbocycles. The molecule has 1 aliphatic heterocycles. The molecule has 26 heavy (non-hydrogen) atoms. The van der Waals surface area contributed by atoms with Crippen LogP contribution in [0.4, 0.5) is 5.69 Å². The molecule has 0 aromatic heterocycles. The van der Waals surface area contributed by atoms with E-state index in [0.717, 1.165) is 36.1 Å². The Morgan fingerprint density at radius 3 is 2.35 bits per heavy atom. The smallest absolute Gasteiger partial charge is 0.235 e. The molecule has 3 rings (SSSR count). The highest BCUT2D eigenvalue weighted by Crippen LogP contribution is 2.27. The molecule has 0 bridgehead atoms. The molecule has 0 N–H and O–H groups in total. The van der Waals surface area contributed by atoms with E-state index in [0.29, 0.717) is 0 Å². The number of piperazine rings is 1. The first kappa shape index (κ1) is 19.1. The number of rotatable bonds is 4. The summed E-state index contributed by atoms with van der Waals surface area (Å²) in [6, 6.07) is 14.3. The zero-order valence-corrected chi connectivity index (χ0v) is 17.1. The molecule has 3 nitrogen and oxygen atoms in total. The van der Waals surface area contributed by atoms with Gasteiger partial charge in [-0.1, -0.05) is 35.4 Å². The Hall–Kier alpha value is -1.65. The Bertz CT molecular complexity index is 770. The Morgan fingerprint density at radius 2 is 1.69 bits per heavy atom. The van der Waals surface area contributed by atoms with E-state index in [1.165, 1.54) is 16.8 Å². The largest absolute Gasteiger partial charge is 0.368 e. The monoisotopic (exact) mass is 388 g/mol. The minimum Gasteiger partial charge on any atom is -0.368 e. The summed E-state index contributed by atoms with van der Waals surface area (Å²) < 4.78 is 0. The highest BCUT2D eigenvalue weighted by molar-refractivity contribution is 8.00.